The summed E-state index contributed by atoms with van der Waals surface area (Å²) in [6, 6.07) is 9.90. The van der Waals surface area contributed by atoms with E-state index >= 15 is 0 Å². The molecule has 5 nitrogen and oxygen atoms in total. The van der Waals surface area contributed by atoms with Crippen LogP contribution in [0, 0.1) is 24.4 Å². The quantitative estimate of drug-likeness (QED) is 0.576. The number of pyridine rings is 1. The van der Waals surface area contributed by atoms with Gasteiger partial charge in [-0.05, 0) is 36.8 Å². The number of carbonyl (C=O) groups excluding carboxylic acids is 1. The molecule has 4 rings (SSSR count). The van der Waals surface area contributed by atoms with Crippen molar-refractivity contribution in [3.8, 4) is 11.6 Å². The number of rotatable bonds is 6. The molecule has 0 spiro atoms. The third-order valence-electron chi connectivity index (χ3n) is 5.15. The molecule has 0 radical (unpaired) electrons. The lowest BCUT2D eigenvalue weighted by molar-refractivity contribution is 0.0621. The number of amides is 1. The molecule has 1 aliphatic heterocycles. The molecule has 0 fully saturated rings. The fourth-order valence-corrected chi connectivity index (χ4v) is 3.65. The average molecular weight is 428 g/mol. The molecular formula is C23H19F3N2O3. The van der Waals surface area contributed by atoms with Crippen molar-refractivity contribution in [1.82, 2.24) is 9.88 Å². The molecule has 1 unspecified atom stereocenters. The second kappa shape index (κ2) is 8.29. The molecule has 1 atom stereocenters. The number of hydrogen-bond acceptors (Lipinski definition) is 4. The number of benzene rings is 2. The number of aryl methyl sites for hydroxylation is 1. The summed E-state index contributed by atoms with van der Waals surface area (Å²) in [6.45, 7) is 1.52. The highest BCUT2D eigenvalue weighted by atomic mass is 19.1. The van der Waals surface area contributed by atoms with E-state index < -0.39 is 29.4 Å². The van der Waals surface area contributed by atoms with Gasteiger partial charge in [0.15, 0.2) is 0 Å². The standard InChI is InChI=1S/C23H19F3N2O3/c1-13-4-3-5-21(27-13)31-12-20(22-18(25)9-16(30-2)10-19(22)26)28-11-14-8-15(24)6-7-17(14)23(28)29/h3-10,20H,11-12H2,1-2H3. The summed E-state index contributed by atoms with van der Waals surface area (Å²) in [6.07, 6.45) is 0. The number of halogens is 3. The van der Waals surface area contributed by atoms with Gasteiger partial charge in [-0.25, -0.2) is 18.2 Å². The summed E-state index contributed by atoms with van der Waals surface area (Å²) in [5.74, 6) is -2.44. The van der Waals surface area contributed by atoms with Crippen molar-refractivity contribution in [2.75, 3.05) is 13.7 Å². The van der Waals surface area contributed by atoms with Crippen LogP contribution in [0.3, 0.4) is 0 Å². The van der Waals surface area contributed by atoms with E-state index in [4.69, 9.17) is 9.47 Å². The molecule has 3 aromatic rings. The van der Waals surface area contributed by atoms with E-state index in [0.29, 0.717) is 11.3 Å². The Labute approximate surface area is 177 Å². The maximum atomic E-state index is 14.9. The number of nitrogens with zero attached hydrogens (tertiary/aromatic N) is 2. The van der Waals surface area contributed by atoms with Crippen molar-refractivity contribution in [2.24, 2.45) is 0 Å². The van der Waals surface area contributed by atoms with Gasteiger partial charge in [-0.1, -0.05) is 6.07 Å². The van der Waals surface area contributed by atoms with E-state index in [1.165, 1.54) is 30.2 Å². The van der Waals surface area contributed by atoms with Crippen LogP contribution >= 0.6 is 0 Å². The first-order valence-electron chi connectivity index (χ1n) is 9.56. The Hall–Kier alpha value is -3.55. The number of fused-ring (bicyclic) bond motifs is 1. The van der Waals surface area contributed by atoms with Crippen LogP contribution in [0.2, 0.25) is 0 Å². The molecule has 160 valence electrons. The zero-order valence-electron chi connectivity index (χ0n) is 16.9. The normalized spacial score (nSPS) is 13.8. The Balaban J connectivity index is 1.72. The van der Waals surface area contributed by atoms with Crippen molar-refractivity contribution < 1.29 is 27.4 Å². The Bertz CT molecular complexity index is 1130. The van der Waals surface area contributed by atoms with Crippen molar-refractivity contribution in [3.63, 3.8) is 0 Å². The van der Waals surface area contributed by atoms with Crippen molar-refractivity contribution in [1.29, 1.82) is 0 Å². The summed E-state index contributed by atoms with van der Waals surface area (Å²) in [5.41, 5.74) is 1.10. The molecule has 8 heteroatoms. The number of carbonyl (C=O) groups is 1. The number of hydrogen-bond donors (Lipinski definition) is 0. The van der Waals surface area contributed by atoms with E-state index in [1.54, 1.807) is 25.1 Å². The van der Waals surface area contributed by atoms with Crippen molar-refractivity contribution >= 4 is 5.91 Å². The van der Waals surface area contributed by atoms with Crippen molar-refractivity contribution in [3.05, 3.63) is 88.4 Å². The highest BCUT2D eigenvalue weighted by Gasteiger charge is 2.37. The summed E-state index contributed by atoms with van der Waals surface area (Å²) < 4.78 is 54.1. The van der Waals surface area contributed by atoms with Gasteiger partial charge in [-0.3, -0.25) is 4.79 Å². The lowest BCUT2D eigenvalue weighted by Gasteiger charge is -2.29. The minimum atomic E-state index is -1.11. The van der Waals surface area contributed by atoms with Crippen LogP contribution in [0.4, 0.5) is 13.2 Å². The zero-order chi connectivity index (χ0) is 22.1. The second-order valence-corrected chi connectivity index (χ2v) is 7.18. The molecule has 0 N–H and O–H groups in total. The average Bonchev–Trinajstić information content (AvgIpc) is 3.05. The van der Waals surface area contributed by atoms with E-state index in [1.807, 2.05) is 0 Å². The SMILES string of the molecule is COc1cc(F)c(C(COc2cccc(C)n2)N2Cc3cc(F)ccc3C2=O)c(F)c1. The van der Waals surface area contributed by atoms with Crippen LogP contribution in [-0.4, -0.2) is 29.5 Å². The third-order valence-corrected chi connectivity index (χ3v) is 5.15. The largest absolute Gasteiger partial charge is 0.497 e. The fourth-order valence-electron chi connectivity index (χ4n) is 3.65. The molecular weight excluding hydrogens is 409 g/mol. The molecule has 2 heterocycles. The molecule has 1 aliphatic rings. The summed E-state index contributed by atoms with van der Waals surface area (Å²) in [7, 11) is 1.30. The molecule has 0 saturated heterocycles. The first-order valence-corrected chi connectivity index (χ1v) is 9.56. The minimum Gasteiger partial charge on any atom is -0.497 e. The van der Waals surface area contributed by atoms with Gasteiger partial charge in [0, 0.05) is 41.6 Å². The maximum Gasteiger partial charge on any atom is 0.255 e. The number of ether oxygens (including phenoxy) is 2. The maximum absolute atomic E-state index is 14.9. The highest BCUT2D eigenvalue weighted by molar-refractivity contribution is 5.98. The third kappa shape index (κ3) is 4.05. The van der Waals surface area contributed by atoms with E-state index in [2.05, 4.69) is 4.98 Å². The monoisotopic (exact) mass is 428 g/mol. The van der Waals surface area contributed by atoms with Crippen LogP contribution in [0.5, 0.6) is 11.6 Å². The van der Waals surface area contributed by atoms with E-state index in [-0.39, 0.29) is 35.9 Å². The molecule has 0 aliphatic carbocycles. The molecule has 2 aromatic carbocycles. The van der Waals surface area contributed by atoms with Gasteiger partial charge in [-0.2, -0.15) is 0 Å². The van der Waals surface area contributed by atoms with Crippen LogP contribution < -0.4 is 9.47 Å². The zero-order valence-corrected chi connectivity index (χ0v) is 16.9. The van der Waals surface area contributed by atoms with Crippen LogP contribution in [0.15, 0.2) is 48.5 Å². The van der Waals surface area contributed by atoms with Crippen LogP contribution in [0.1, 0.15) is 33.2 Å². The van der Waals surface area contributed by atoms with Gasteiger partial charge in [0.25, 0.3) is 5.91 Å². The summed E-state index contributed by atoms with van der Waals surface area (Å²) in [5, 5.41) is 0. The lowest BCUT2D eigenvalue weighted by Crippen LogP contribution is -2.34. The Morgan fingerprint density at radius 3 is 2.52 bits per heavy atom. The number of aromatic nitrogens is 1. The predicted octanol–water partition coefficient (Wildman–Crippen LogP) is 4.59. The molecule has 0 saturated carbocycles. The summed E-state index contributed by atoms with van der Waals surface area (Å²) in [4.78, 5) is 18.5. The van der Waals surface area contributed by atoms with Crippen LogP contribution in [0.25, 0.3) is 0 Å². The lowest BCUT2D eigenvalue weighted by atomic mass is 10.0. The summed E-state index contributed by atoms with van der Waals surface area (Å²) >= 11 is 0. The topological polar surface area (TPSA) is 51.7 Å². The number of methoxy groups -OCH3 is 1. The van der Waals surface area contributed by atoms with E-state index in [0.717, 1.165) is 12.1 Å². The molecule has 1 amide bonds. The predicted molar refractivity (Wildman–Crippen MR) is 106 cm³/mol. The van der Waals surface area contributed by atoms with Gasteiger partial charge in [0.05, 0.1) is 13.2 Å². The first kappa shape index (κ1) is 20.7. The molecule has 0 bridgehead atoms. The second-order valence-electron chi connectivity index (χ2n) is 7.18. The van der Waals surface area contributed by atoms with Crippen LogP contribution in [-0.2, 0) is 6.54 Å². The Kier molecular flexibility index (Phi) is 5.54. The first-order chi connectivity index (χ1) is 14.9. The highest BCUT2D eigenvalue weighted by Crippen LogP contribution is 2.35. The minimum absolute atomic E-state index is 0.00783. The Morgan fingerprint density at radius 1 is 1.10 bits per heavy atom. The van der Waals surface area contributed by atoms with Gasteiger partial charge >= 0.3 is 0 Å². The Morgan fingerprint density at radius 2 is 1.84 bits per heavy atom. The van der Waals surface area contributed by atoms with Crippen molar-refractivity contribution in [2.45, 2.75) is 19.5 Å². The van der Waals surface area contributed by atoms with Gasteiger partial charge in [0.1, 0.15) is 29.8 Å². The van der Waals surface area contributed by atoms with Gasteiger partial charge in [-0.15, -0.1) is 0 Å². The molecule has 31 heavy (non-hydrogen) atoms. The van der Waals surface area contributed by atoms with Gasteiger partial charge < -0.3 is 14.4 Å². The molecule has 1 aromatic heterocycles. The smallest absolute Gasteiger partial charge is 0.255 e. The van der Waals surface area contributed by atoms with E-state index in [9.17, 15) is 18.0 Å². The fraction of sp³-hybridized carbons (Fsp3) is 0.217. The van der Waals surface area contributed by atoms with Gasteiger partial charge in [0.2, 0.25) is 5.88 Å².